The molecule has 0 unspecified atom stereocenters. The number of fused-ring (bicyclic) bond motifs is 1. The normalized spacial score (nSPS) is 11.5. The number of allylic oxidation sites excluding steroid dienone is 1. The molecule has 0 amide bonds. The number of aryl methyl sites for hydroxylation is 2. The average Bonchev–Trinajstić information content (AvgIpc) is 2.97. The Bertz CT molecular complexity index is 808. The van der Waals surface area contributed by atoms with Gasteiger partial charge < -0.3 is 4.57 Å². The molecule has 0 radical (unpaired) electrons. The van der Waals surface area contributed by atoms with Crippen LogP contribution in [0.3, 0.4) is 0 Å². The Morgan fingerprint density at radius 1 is 1.20 bits per heavy atom. The lowest BCUT2D eigenvalue weighted by Crippen LogP contribution is -2.02. The van der Waals surface area contributed by atoms with Crippen molar-refractivity contribution in [2.75, 3.05) is 0 Å². The molecule has 0 bridgehead atoms. The van der Waals surface area contributed by atoms with Crippen LogP contribution in [0.5, 0.6) is 0 Å². The molecule has 3 aromatic rings. The molecule has 0 N–H and O–H groups in total. The second kappa shape index (κ2) is 4.81. The van der Waals surface area contributed by atoms with E-state index >= 15 is 0 Å². The number of hydrogen-bond donors (Lipinski definition) is 0. The molecule has 4 heteroatoms. The maximum atomic E-state index is 10.6. The van der Waals surface area contributed by atoms with Gasteiger partial charge >= 0.3 is 0 Å². The van der Waals surface area contributed by atoms with E-state index in [2.05, 4.69) is 27.9 Å². The number of para-hydroxylation sites is 1. The van der Waals surface area contributed by atoms with Gasteiger partial charge in [-0.2, -0.15) is 5.10 Å². The van der Waals surface area contributed by atoms with Gasteiger partial charge in [0.05, 0.1) is 11.2 Å². The van der Waals surface area contributed by atoms with Gasteiger partial charge in [-0.05, 0) is 36.6 Å². The molecule has 0 fully saturated rings. The summed E-state index contributed by atoms with van der Waals surface area (Å²) in [6.45, 7) is 1.94. The van der Waals surface area contributed by atoms with Gasteiger partial charge in [0.2, 0.25) is 0 Å². The molecule has 2 heterocycles. The van der Waals surface area contributed by atoms with Crippen molar-refractivity contribution < 1.29 is 4.79 Å². The highest BCUT2D eigenvalue weighted by Crippen LogP contribution is 2.25. The van der Waals surface area contributed by atoms with Crippen molar-refractivity contribution in [2.45, 2.75) is 6.92 Å². The SMILES string of the molecule is Cc1nn(C)c(-n2ccc3ccccc32)c1/C=C/C=O. The van der Waals surface area contributed by atoms with Crippen molar-refractivity contribution in [3.05, 3.63) is 53.9 Å². The lowest BCUT2D eigenvalue weighted by Gasteiger charge is -2.07. The van der Waals surface area contributed by atoms with Crippen molar-refractivity contribution in [2.24, 2.45) is 7.05 Å². The van der Waals surface area contributed by atoms with Crippen molar-refractivity contribution in [3.63, 3.8) is 0 Å². The van der Waals surface area contributed by atoms with Crippen molar-refractivity contribution in [1.82, 2.24) is 14.3 Å². The lowest BCUT2D eigenvalue weighted by molar-refractivity contribution is -0.104. The summed E-state index contributed by atoms with van der Waals surface area (Å²) >= 11 is 0. The molecule has 0 spiro atoms. The van der Waals surface area contributed by atoms with Gasteiger partial charge in [0.15, 0.2) is 0 Å². The number of carbonyl (C=O) groups is 1. The highest BCUT2D eigenvalue weighted by molar-refractivity contribution is 5.83. The van der Waals surface area contributed by atoms with Gasteiger partial charge in [-0.3, -0.25) is 9.48 Å². The zero-order valence-corrected chi connectivity index (χ0v) is 11.4. The molecule has 2 aromatic heterocycles. The predicted molar refractivity (Wildman–Crippen MR) is 79.9 cm³/mol. The van der Waals surface area contributed by atoms with Crippen LogP contribution >= 0.6 is 0 Å². The van der Waals surface area contributed by atoms with Crippen molar-refractivity contribution in [1.29, 1.82) is 0 Å². The third-order valence-electron chi connectivity index (χ3n) is 3.41. The monoisotopic (exact) mass is 265 g/mol. The summed E-state index contributed by atoms with van der Waals surface area (Å²) in [6.07, 6.45) is 6.11. The van der Waals surface area contributed by atoms with Gasteiger partial charge in [0.25, 0.3) is 0 Å². The first-order valence-electron chi connectivity index (χ1n) is 6.44. The van der Waals surface area contributed by atoms with Gasteiger partial charge in [-0.1, -0.05) is 18.2 Å². The minimum atomic E-state index is 0.782. The summed E-state index contributed by atoms with van der Waals surface area (Å²) in [5, 5.41) is 5.63. The van der Waals surface area contributed by atoms with E-state index in [1.807, 2.05) is 37.0 Å². The minimum Gasteiger partial charge on any atom is -0.301 e. The Hall–Kier alpha value is -2.62. The third-order valence-corrected chi connectivity index (χ3v) is 3.41. The summed E-state index contributed by atoms with van der Waals surface area (Å²) in [5.41, 5.74) is 2.98. The molecule has 3 rings (SSSR count). The Morgan fingerprint density at radius 2 is 2.00 bits per heavy atom. The summed E-state index contributed by atoms with van der Waals surface area (Å²) in [7, 11) is 1.91. The van der Waals surface area contributed by atoms with Gasteiger partial charge in [-0.15, -0.1) is 0 Å². The van der Waals surface area contributed by atoms with Crippen molar-refractivity contribution in [3.8, 4) is 5.82 Å². The van der Waals surface area contributed by atoms with Crippen LogP contribution in [0.4, 0.5) is 0 Å². The Kier molecular flexibility index (Phi) is 2.99. The number of hydrogen-bond acceptors (Lipinski definition) is 2. The average molecular weight is 265 g/mol. The summed E-state index contributed by atoms with van der Waals surface area (Å²) in [5.74, 6) is 0.960. The quantitative estimate of drug-likeness (QED) is 0.539. The van der Waals surface area contributed by atoms with E-state index in [0.717, 1.165) is 28.9 Å². The van der Waals surface area contributed by atoms with Crippen LogP contribution < -0.4 is 0 Å². The fourth-order valence-electron chi connectivity index (χ4n) is 2.55. The molecule has 0 saturated heterocycles. The van der Waals surface area contributed by atoms with Crippen LogP contribution in [0.1, 0.15) is 11.3 Å². The molecule has 0 aliphatic carbocycles. The van der Waals surface area contributed by atoms with E-state index in [1.54, 1.807) is 6.08 Å². The molecule has 100 valence electrons. The number of rotatable bonds is 3. The molecular weight excluding hydrogens is 250 g/mol. The molecule has 0 saturated carbocycles. The van der Waals surface area contributed by atoms with E-state index < -0.39 is 0 Å². The highest BCUT2D eigenvalue weighted by Gasteiger charge is 2.14. The van der Waals surface area contributed by atoms with Gasteiger partial charge in [0.1, 0.15) is 12.1 Å². The van der Waals surface area contributed by atoms with Crippen LogP contribution in [0.25, 0.3) is 22.8 Å². The van der Waals surface area contributed by atoms with Crippen LogP contribution in [-0.4, -0.2) is 20.6 Å². The third kappa shape index (κ3) is 1.86. The summed E-state index contributed by atoms with van der Waals surface area (Å²) < 4.78 is 3.94. The van der Waals surface area contributed by atoms with E-state index in [9.17, 15) is 4.79 Å². The molecule has 1 aromatic carbocycles. The zero-order valence-electron chi connectivity index (χ0n) is 11.4. The van der Waals surface area contributed by atoms with Crippen LogP contribution in [0, 0.1) is 6.92 Å². The molecule has 20 heavy (non-hydrogen) atoms. The number of aromatic nitrogens is 3. The fourth-order valence-corrected chi connectivity index (χ4v) is 2.55. The maximum absolute atomic E-state index is 10.6. The predicted octanol–water partition coefficient (Wildman–Crippen LogP) is 2.88. The molecule has 4 nitrogen and oxygen atoms in total. The number of aldehydes is 1. The second-order valence-electron chi connectivity index (χ2n) is 4.69. The number of benzene rings is 1. The van der Waals surface area contributed by atoms with Crippen LogP contribution in [0.2, 0.25) is 0 Å². The highest BCUT2D eigenvalue weighted by atomic mass is 16.1. The molecule has 0 aliphatic heterocycles. The lowest BCUT2D eigenvalue weighted by atomic mass is 10.2. The first-order chi connectivity index (χ1) is 9.72. The Morgan fingerprint density at radius 3 is 2.80 bits per heavy atom. The Balaban J connectivity index is 2.29. The van der Waals surface area contributed by atoms with Crippen LogP contribution in [-0.2, 0) is 11.8 Å². The second-order valence-corrected chi connectivity index (χ2v) is 4.69. The molecular formula is C16H15N3O. The van der Waals surface area contributed by atoms with E-state index in [4.69, 9.17) is 0 Å². The topological polar surface area (TPSA) is 39.8 Å². The standard InChI is InChI=1S/C16H15N3O/c1-12-14(7-5-11-20)16(18(2)17-12)19-10-9-13-6-3-4-8-15(13)19/h3-11H,1-2H3/b7-5+. The summed E-state index contributed by atoms with van der Waals surface area (Å²) in [6, 6.07) is 10.3. The minimum absolute atomic E-state index is 0.782. The summed E-state index contributed by atoms with van der Waals surface area (Å²) in [4.78, 5) is 10.6. The Labute approximate surface area is 116 Å². The number of nitrogens with zero attached hydrogens (tertiary/aromatic N) is 3. The number of carbonyl (C=O) groups excluding carboxylic acids is 1. The van der Waals surface area contributed by atoms with Crippen molar-refractivity contribution >= 4 is 23.3 Å². The van der Waals surface area contributed by atoms with E-state index in [1.165, 1.54) is 11.5 Å². The maximum Gasteiger partial charge on any atom is 0.142 e. The van der Waals surface area contributed by atoms with Gasteiger partial charge in [-0.25, -0.2) is 0 Å². The molecule has 0 atom stereocenters. The smallest absolute Gasteiger partial charge is 0.142 e. The van der Waals surface area contributed by atoms with Gasteiger partial charge in [0, 0.05) is 18.8 Å². The van der Waals surface area contributed by atoms with E-state index in [-0.39, 0.29) is 0 Å². The molecule has 0 aliphatic rings. The fraction of sp³-hybridized carbons (Fsp3) is 0.125. The zero-order chi connectivity index (χ0) is 14.1. The first kappa shape index (κ1) is 12.4. The first-order valence-corrected chi connectivity index (χ1v) is 6.44. The van der Waals surface area contributed by atoms with Crippen LogP contribution in [0.15, 0.2) is 42.6 Å². The van der Waals surface area contributed by atoms with E-state index in [0.29, 0.717) is 0 Å². The largest absolute Gasteiger partial charge is 0.301 e.